The van der Waals surface area contributed by atoms with Crippen LogP contribution in [-0.4, -0.2) is 51.9 Å². The highest BCUT2D eigenvalue weighted by molar-refractivity contribution is 5.79. The predicted molar refractivity (Wildman–Crippen MR) is 92.6 cm³/mol. The van der Waals surface area contributed by atoms with Crippen LogP contribution in [0.15, 0.2) is 4.99 Å². The van der Waals surface area contributed by atoms with Crippen molar-refractivity contribution >= 4 is 11.9 Å². The summed E-state index contributed by atoms with van der Waals surface area (Å²) in [6, 6.07) is 0. The molecule has 1 saturated carbocycles. The Balaban J connectivity index is 2.00. The van der Waals surface area contributed by atoms with Gasteiger partial charge in [0.25, 0.3) is 0 Å². The second-order valence-corrected chi connectivity index (χ2v) is 5.95. The number of nitrogens with zero attached hydrogens (tertiary/aromatic N) is 1. The van der Waals surface area contributed by atoms with Crippen molar-refractivity contribution in [1.29, 1.82) is 0 Å². The Bertz CT molecular complexity index is 344. The van der Waals surface area contributed by atoms with E-state index in [0.29, 0.717) is 6.42 Å². The van der Waals surface area contributed by atoms with Crippen molar-refractivity contribution in [2.45, 2.75) is 51.9 Å². The number of ether oxygens (including phenoxy) is 2. The number of unbranched alkanes of at least 4 members (excludes halogenated alkanes) is 2. The first-order valence-corrected chi connectivity index (χ1v) is 8.93. The summed E-state index contributed by atoms with van der Waals surface area (Å²) in [5, 5.41) is 6.57. The van der Waals surface area contributed by atoms with Crippen molar-refractivity contribution < 1.29 is 14.3 Å². The van der Waals surface area contributed by atoms with Crippen molar-refractivity contribution in [3.8, 4) is 0 Å². The van der Waals surface area contributed by atoms with Crippen LogP contribution in [0.4, 0.5) is 0 Å². The Morgan fingerprint density at radius 1 is 1.17 bits per heavy atom. The molecule has 0 spiro atoms. The molecule has 0 bridgehead atoms. The average molecular weight is 327 g/mol. The van der Waals surface area contributed by atoms with E-state index >= 15 is 0 Å². The van der Waals surface area contributed by atoms with Crippen molar-refractivity contribution in [2.75, 3.05) is 40.0 Å². The highest BCUT2D eigenvalue weighted by Gasteiger charge is 2.20. The monoisotopic (exact) mass is 327 g/mol. The normalized spacial score (nSPS) is 14.6. The highest BCUT2D eigenvalue weighted by Crippen LogP contribution is 2.28. The largest absolute Gasteiger partial charge is 0.469 e. The van der Waals surface area contributed by atoms with Gasteiger partial charge in [-0.1, -0.05) is 6.42 Å². The van der Waals surface area contributed by atoms with Gasteiger partial charge in [-0.15, -0.1) is 0 Å². The summed E-state index contributed by atoms with van der Waals surface area (Å²) in [5.41, 5.74) is 0. The predicted octanol–water partition coefficient (Wildman–Crippen LogP) is 2.09. The zero-order valence-electron chi connectivity index (χ0n) is 14.7. The Hall–Kier alpha value is -1.30. The zero-order valence-corrected chi connectivity index (χ0v) is 14.7. The molecule has 23 heavy (non-hydrogen) atoms. The second kappa shape index (κ2) is 13.2. The fourth-order valence-corrected chi connectivity index (χ4v) is 2.11. The smallest absolute Gasteiger partial charge is 0.305 e. The van der Waals surface area contributed by atoms with E-state index in [9.17, 15) is 4.79 Å². The lowest BCUT2D eigenvalue weighted by molar-refractivity contribution is -0.140. The number of methoxy groups -OCH3 is 1. The molecule has 0 radical (unpaired) electrons. The van der Waals surface area contributed by atoms with Gasteiger partial charge in [-0.25, -0.2) is 0 Å². The SMILES string of the molecule is CCNC(=NCCCOCC1CC1)NCCCCCC(=O)OC. The molecule has 134 valence electrons. The summed E-state index contributed by atoms with van der Waals surface area (Å²) < 4.78 is 10.2. The summed E-state index contributed by atoms with van der Waals surface area (Å²) in [4.78, 5) is 15.5. The first-order chi connectivity index (χ1) is 11.3. The van der Waals surface area contributed by atoms with Crippen LogP contribution in [-0.2, 0) is 14.3 Å². The van der Waals surface area contributed by atoms with Crippen molar-refractivity contribution in [3.05, 3.63) is 0 Å². The topological polar surface area (TPSA) is 72.0 Å². The van der Waals surface area contributed by atoms with Crippen LogP contribution in [0.2, 0.25) is 0 Å². The maximum Gasteiger partial charge on any atom is 0.305 e. The van der Waals surface area contributed by atoms with Gasteiger partial charge in [-0.3, -0.25) is 9.79 Å². The molecular formula is C17H33N3O3. The molecule has 0 saturated heterocycles. The number of nitrogens with one attached hydrogen (secondary N) is 2. The fraction of sp³-hybridized carbons (Fsp3) is 0.882. The molecule has 6 nitrogen and oxygen atoms in total. The highest BCUT2D eigenvalue weighted by atomic mass is 16.5. The standard InChI is InChI=1S/C17H33N3O3/c1-3-18-17(19-11-6-4-5-8-16(21)22-2)20-12-7-13-23-14-15-9-10-15/h15H,3-14H2,1-2H3,(H2,18,19,20). The lowest BCUT2D eigenvalue weighted by Gasteiger charge is -2.11. The molecule has 0 aliphatic heterocycles. The number of carbonyl (C=O) groups excluding carboxylic acids is 1. The zero-order chi connectivity index (χ0) is 16.8. The van der Waals surface area contributed by atoms with Gasteiger partial charge in [0.05, 0.1) is 7.11 Å². The molecule has 0 aromatic heterocycles. The van der Waals surface area contributed by atoms with E-state index < -0.39 is 0 Å². The van der Waals surface area contributed by atoms with Crippen LogP contribution in [0.25, 0.3) is 0 Å². The lowest BCUT2D eigenvalue weighted by Crippen LogP contribution is -2.37. The minimum absolute atomic E-state index is 0.128. The summed E-state index contributed by atoms with van der Waals surface area (Å²) in [6.45, 7) is 6.28. The van der Waals surface area contributed by atoms with E-state index in [1.165, 1.54) is 20.0 Å². The maximum absolute atomic E-state index is 11.0. The number of hydrogen-bond acceptors (Lipinski definition) is 4. The van der Waals surface area contributed by atoms with E-state index in [1.54, 1.807) is 0 Å². The van der Waals surface area contributed by atoms with Gasteiger partial charge in [0, 0.05) is 39.3 Å². The number of aliphatic imine (C=N–C) groups is 1. The van der Waals surface area contributed by atoms with Gasteiger partial charge >= 0.3 is 5.97 Å². The summed E-state index contributed by atoms with van der Waals surface area (Å²) >= 11 is 0. The molecule has 1 aliphatic carbocycles. The van der Waals surface area contributed by atoms with E-state index in [1.807, 2.05) is 0 Å². The molecule has 0 unspecified atom stereocenters. The third kappa shape index (κ3) is 11.9. The minimum Gasteiger partial charge on any atom is -0.469 e. The molecular weight excluding hydrogens is 294 g/mol. The quantitative estimate of drug-likeness (QED) is 0.235. The Morgan fingerprint density at radius 2 is 2.00 bits per heavy atom. The van der Waals surface area contributed by atoms with E-state index in [0.717, 1.165) is 70.4 Å². The van der Waals surface area contributed by atoms with Crippen molar-refractivity contribution in [1.82, 2.24) is 10.6 Å². The van der Waals surface area contributed by atoms with E-state index in [-0.39, 0.29) is 5.97 Å². The van der Waals surface area contributed by atoms with Gasteiger partial charge in [-0.05, 0) is 44.9 Å². The van der Waals surface area contributed by atoms with Crippen LogP contribution < -0.4 is 10.6 Å². The maximum atomic E-state index is 11.0. The first kappa shape index (κ1) is 19.7. The molecule has 6 heteroatoms. The number of carbonyl (C=O) groups is 1. The van der Waals surface area contributed by atoms with Crippen LogP contribution >= 0.6 is 0 Å². The Morgan fingerprint density at radius 3 is 2.70 bits per heavy atom. The number of hydrogen-bond donors (Lipinski definition) is 2. The van der Waals surface area contributed by atoms with E-state index in [2.05, 4.69) is 27.3 Å². The van der Waals surface area contributed by atoms with Gasteiger partial charge in [0.1, 0.15) is 0 Å². The number of guanidine groups is 1. The third-order valence-corrected chi connectivity index (χ3v) is 3.69. The van der Waals surface area contributed by atoms with Gasteiger partial charge < -0.3 is 20.1 Å². The van der Waals surface area contributed by atoms with Gasteiger partial charge in [-0.2, -0.15) is 0 Å². The first-order valence-electron chi connectivity index (χ1n) is 8.93. The van der Waals surface area contributed by atoms with Crippen LogP contribution in [0.5, 0.6) is 0 Å². The van der Waals surface area contributed by atoms with Gasteiger partial charge in [0.2, 0.25) is 0 Å². The molecule has 2 N–H and O–H groups in total. The molecule has 0 heterocycles. The Kier molecular flexibility index (Phi) is 11.3. The van der Waals surface area contributed by atoms with Crippen LogP contribution in [0.3, 0.4) is 0 Å². The van der Waals surface area contributed by atoms with Crippen LogP contribution in [0, 0.1) is 5.92 Å². The molecule has 1 fully saturated rings. The number of esters is 1. The Labute approximate surface area is 140 Å². The van der Waals surface area contributed by atoms with Crippen LogP contribution in [0.1, 0.15) is 51.9 Å². The molecule has 0 aromatic carbocycles. The van der Waals surface area contributed by atoms with Crippen molar-refractivity contribution in [2.24, 2.45) is 10.9 Å². The summed E-state index contributed by atoms with van der Waals surface area (Å²) in [5.74, 6) is 1.57. The summed E-state index contributed by atoms with van der Waals surface area (Å²) in [7, 11) is 1.43. The molecule has 0 atom stereocenters. The summed E-state index contributed by atoms with van der Waals surface area (Å²) in [6.07, 6.45) is 7.05. The molecule has 1 rings (SSSR count). The minimum atomic E-state index is -0.128. The number of rotatable bonds is 13. The van der Waals surface area contributed by atoms with Gasteiger partial charge in [0.15, 0.2) is 5.96 Å². The average Bonchev–Trinajstić information content (AvgIpc) is 3.37. The van der Waals surface area contributed by atoms with Crippen molar-refractivity contribution in [3.63, 3.8) is 0 Å². The third-order valence-electron chi connectivity index (χ3n) is 3.69. The molecule has 0 amide bonds. The van der Waals surface area contributed by atoms with E-state index in [4.69, 9.17) is 4.74 Å². The fourth-order valence-electron chi connectivity index (χ4n) is 2.11. The molecule has 1 aliphatic rings. The molecule has 0 aromatic rings. The second-order valence-electron chi connectivity index (χ2n) is 5.95. The lowest BCUT2D eigenvalue weighted by atomic mass is 10.2.